The molecule has 0 unspecified atom stereocenters. The van der Waals surface area contributed by atoms with Crippen LogP contribution < -0.4 is 9.47 Å². The molecule has 3 nitrogen and oxygen atoms in total. The third kappa shape index (κ3) is 3.31. The average molecular weight is 192 g/mol. The molecule has 14 heavy (non-hydrogen) atoms. The number of rotatable bonds is 5. The van der Waals surface area contributed by atoms with E-state index in [9.17, 15) is 4.79 Å². The number of benzene rings is 1. The summed E-state index contributed by atoms with van der Waals surface area (Å²) in [6, 6.07) is 7.26. The van der Waals surface area contributed by atoms with Crippen LogP contribution in [0.5, 0.6) is 11.5 Å². The Morgan fingerprint density at radius 2 is 1.86 bits per heavy atom. The topological polar surface area (TPSA) is 35.5 Å². The Morgan fingerprint density at radius 3 is 2.43 bits per heavy atom. The molecule has 0 fully saturated rings. The second-order valence-electron chi connectivity index (χ2n) is 2.55. The fourth-order valence-corrected chi connectivity index (χ4v) is 0.927. The zero-order chi connectivity index (χ0) is 10.2. The van der Waals surface area contributed by atoms with Crippen LogP contribution in [0.2, 0.25) is 0 Å². The Hall–Kier alpha value is -1.77. The highest BCUT2D eigenvalue weighted by Crippen LogP contribution is 2.16. The van der Waals surface area contributed by atoms with E-state index >= 15 is 0 Å². The van der Waals surface area contributed by atoms with Gasteiger partial charge in [-0.05, 0) is 36.4 Å². The summed E-state index contributed by atoms with van der Waals surface area (Å²) in [6.45, 7) is 0.394. The van der Waals surface area contributed by atoms with Gasteiger partial charge in [0.1, 0.15) is 24.4 Å². The molecule has 0 aliphatic heterocycles. The zero-order valence-electron chi connectivity index (χ0n) is 7.97. The molecule has 0 aromatic heterocycles. The SMILES string of the molecule is COc1ccc(OC/C=C/C=O)cc1. The van der Waals surface area contributed by atoms with Crippen molar-refractivity contribution in [2.75, 3.05) is 13.7 Å². The number of allylic oxidation sites excluding steroid dienone is 1. The summed E-state index contributed by atoms with van der Waals surface area (Å²) in [6.07, 6.45) is 3.78. The van der Waals surface area contributed by atoms with Gasteiger partial charge in [-0.1, -0.05) is 0 Å². The second kappa shape index (κ2) is 5.80. The van der Waals surface area contributed by atoms with Gasteiger partial charge in [-0.2, -0.15) is 0 Å². The maximum Gasteiger partial charge on any atom is 0.142 e. The largest absolute Gasteiger partial charge is 0.497 e. The standard InChI is InChI=1S/C11H12O3/c1-13-10-4-6-11(7-5-10)14-9-3-2-8-12/h2-8H,9H2,1H3/b3-2+. The number of carbonyl (C=O) groups is 1. The third-order valence-corrected chi connectivity index (χ3v) is 1.62. The van der Waals surface area contributed by atoms with Crippen LogP contribution in [0.15, 0.2) is 36.4 Å². The molecule has 1 rings (SSSR count). The van der Waals surface area contributed by atoms with Gasteiger partial charge in [-0.15, -0.1) is 0 Å². The highest BCUT2D eigenvalue weighted by molar-refractivity contribution is 5.64. The van der Waals surface area contributed by atoms with Crippen molar-refractivity contribution in [3.63, 3.8) is 0 Å². The molecule has 0 radical (unpaired) electrons. The molecular weight excluding hydrogens is 180 g/mol. The predicted octanol–water partition coefficient (Wildman–Crippen LogP) is 1.83. The van der Waals surface area contributed by atoms with Gasteiger partial charge >= 0.3 is 0 Å². The Morgan fingerprint density at radius 1 is 1.21 bits per heavy atom. The molecular formula is C11H12O3. The van der Waals surface area contributed by atoms with E-state index in [1.54, 1.807) is 13.2 Å². The Bertz CT molecular complexity index is 301. The minimum Gasteiger partial charge on any atom is -0.497 e. The number of hydrogen-bond acceptors (Lipinski definition) is 3. The second-order valence-corrected chi connectivity index (χ2v) is 2.55. The molecule has 0 saturated heterocycles. The van der Waals surface area contributed by atoms with Crippen LogP contribution in [-0.4, -0.2) is 20.0 Å². The summed E-state index contributed by atoms with van der Waals surface area (Å²) in [5, 5.41) is 0. The molecule has 0 aliphatic carbocycles. The fourth-order valence-electron chi connectivity index (χ4n) is 0.927. The molecule has 1 aromatic carbocycles. The van der Waals surface area contributed by atoms with E-state index < -0.39 is 0 Å². The first kappa shape index (κ1) is 10.3. The molecule has 0 N–H and O–H groups in total. The number of ether oxygens (including phenoxy) is 2. The van der Waals surface area contributed by atoms with Crippen molar-refractivity contribution in [3.8, 4) is 11.5 Å². The van der Waals surface area contributed by atoms with Crippen LogP contribution in [0, 0.1) is 0 Å². The van der Waals surface area contributed by atoms with Crippen LogP contribution in [-0.2, 0) is 4.79 Å². The summed E-state index contributed by atoms with van der Waals surface area (Å²) in [7, 11) is 1.61. The van der Waals surface area contributed by atoms with Crippen molar-refractivity contribution in [1.29, 1.82) is 0 Å². The zero-order valence-corrected chi connectivity index (χ0v) is 7.97. The van der Waals surface area contributed by atoms with E-state index in [0.29, 0.717) is 6.61 Å². The van der Waals surface area contributed by atoms with Gasteiger partial charge in [0.2, 0.25) is 0 Å². The van der Waals surface area contributed by atoms with Crippen LogP contribution in [0.4, 0.5) is 0 Å². The van der Waals surface area contributed by atoms with Crippen LogP contribution in [0.3, 0.4) is 0 Å². The summed E-state index contributed by atoms with van der Waals surface area (Å²) >= 11 is 0. The van der Waals surface area contributed by atoms with Crippen molar-refractivity contribution in [3.05, 3.63) is 36.4 Å². The summed E-state index contributed by atoms with van der Waals surface area (Å²) in [4.78, 5) is 9.94. The van der Waals surface area contributed by atoms with Crippen molar-refractivity contribution < 1.29 is 14.3 Å². The third-order valence-electron chi connectivity index (χ3n) is 1.62. The first-order valence-corrected chi connectivity index (χ1v) is 4.24. The number of carbonyl (C=O) groups excluding carboxylic acids is 1. The van der Waals surface area contributed by atoms with E-state index in [0.717, 1.165) is 17.8 Å². The number of hydrogen-bond donors (Lipinski definition) is 0. The quantitative estimate of drug-likeness (QED) is 0.527. The van der Waals surface area contributed by atoms with Gasteiger partial charge in [0, 0.05) is 0 Å². The van der Waals surface area contributed by atoms with E-state index in [1.807, 2.05) is 24.3 Å². The van der Waals surface area contributed by atoms with Gasteiger partial charge in [0.25, 0.3) is 0 Å². The molecule has 0 bridgehead atoms. The lowest BCUT2D eigenvalue weighted by atomic mass is 10.3. The van der Waals surface area contributed by atoms with Crippen LogP contribution >= 0.6 is 0 Å². The van der Waals surface area contributed by atoms with E-state index in [-0.39, 0.29) is 0 Å². The number of aldehydes is 1. The smallest absolute Gasteiger partial charge is 0.142 e. The first-order chi connectivity index (χ1) is 6.86. The molecule has 0 atom stereocenters. The van der Waals surface area contributed by atoms with Crippen molar-refractivity contribution in [2.24, 2.45) is 0 Å². The summed E-state index contributed by atoms with van der Waals surface area (Å²) in [5.41, 5.74) is 0. The van der Waals surface area contributed by atoms with E-state index in [1.165, 1.54) is 6.08 Å². The van der Waals surface area contributed by atoms with E-state index in [4.69, 9.17) is 9.47 Å². The maximum atomic E-state index is 9.94. The highest BCUT2D eigenvalue weighted by Gasteiger charge is 1.92. The molecule has 0 aliphatic rings. The monoisotopic (exact) mass is 192 g/mol. The maximum absolute atomic E-state index is 9.94. The molecule has 0 spiro atoms. The van der Waals surface area contributed by atoms with Crippen LogP contribution in [0.25, 0.3) is 0 Å². The molecule has 0 heterocycles. The van der Waals surface area contributed by atoms with Crippen molar-refractivity contribution >= 4 is 6.29 Å². The molecule has 3 heteroatoms. The van der Waals surface area contributed by atoms with Crippen LogP contribution in [0.1, 0.15) is 0 Å². The minimum absolute atomic E-state index is 0.394. The normalized spacial score (nSPS) is 10.1. The summed E-state index contributed by atoms with van der Waals surface area (Å²) < 4.78 is 10.3. The first-order valence-electron chi connectivity index (χ1n) is 4.24. The molecule has 1 aromatic rings. The molecule has 0 amide bonds. The Balaban J connectivity index is 2.43. The van der Waals surface area contributed by atoms with Crippen molar-refractivity contribution in [1.82, 2.24) is 0 Å². The predicted molar refractivity (Wildman–Crippen MR) is 53.7 cm³/mol. The number of methoxy groups -OCH3 is 1. The van der Waals surface area contributed by atoms with Gasteiger partial charge < -0.3 is 9.47 Å². The molecule has 74 valence electrons. The summed E-state index contributed by atoms with van der Waals surface area (Å²) in [5.74, 6) is 1.54. The molecule has 0 saturated carbocycles. The highest BCUT2D eigenvalue weighted by atomic mass is 16.5. The van der Waals surface area contributed by atoms with Crippen molar-refractivity contribution in [2.45, 2.75) is 0 Å². The lowest BCUT2D eigenvalue weighted by Gasteiger charge is -2.03. The van der Waals surface area contributed by atoms with Gasteiger partial charge in [0.15, 0.2) is 0 Å². The Kier molecular flexibility index (Phi) is 4.27. The fraction of sp³-hybridized carbons (Fsp3) is 0.182. The lowest BCUT2D eigenvalue weighted by Crippen LogP contribution is -1.93. The van der Waals surface area contributed by atoms with Gasteiger partial charge in [-0.3, -0.25) is 4.79 Å². The lowest BCUT2D eigenvalue weighted by molar-refractivity contribution is -0.104. The Labute approximate surface area is 83.0 Å². The van der Waals surface area contributed by atoms with E-state index in [2.05, 4.69) is 0 Å². The van der Waals surface area contributed by atoms with Gasteiger partial charge in [-0.25, -0.2) is 0 Å². The average Bonchev–Trinajstić information content (AvgIpc) is 2.25. The minimum atomic E-state index is 0.394. The van der Waals surface area contributed by atoms with Gasteiger partial charge in [0.05, 0.1) is 7.11 Å².